The number of anilines is 3. The summed E-state index contributed by atoms with van der Waals surface area (Å²) in [6.07, 6.45) is 0.948. The van der Waals surface area contributed by atoms with Gasteiger partial charge in [0.05, 0.1) is 0 Å². The van der Waals surface area contributed by atoms with Crippen LogP contribution in [-0.4, -0.2) is 11.9 Å². The summed E-state index contributed by atoms with van der Waals surface area (Å²) in [7, 11) is 0. The molecule has 5 nitrogen and oxygen atoms in total. The number of para-hydroxylation sites is 1. The van der Waals surface area contributed by atoms with Crippen molar-refractivity contribution in [3.8, 4) is 0 Å². The Balaban J connectivity index is 1.58. The third-order valence-electron chi connectivity index (χ3n) is 3.87. The van der Waals surface area contributed by atoms with E-state index in [-0.39, 0.29) is 17.9 Å². The van der Waals surface area contributed by atoms with Crippen LogP contribution in [0.25, 0.3) is 0 Å². The zero-order valence-electron chi connectivity index (χ0n) is 12.9. The number of hydrogen-bond acceptors (Lipinski definition) is 2. The molecule has 1 aliphatic rings. The molecule has 2 atom stereocenters. The fraction of sp³-hybridized carbons (Fsp3) is 0.222. The monoisotopic (exact) mass is 309 g/mol. The van der Waals surface area contributed by atoms with E-state index in [1.54, 1.807) is 18.2 Å². The molecule has 0 bridgehead atoms. The van der Waals surface area contributed by atoms with Crippen molar-refractivity contribution in [1.82, 2.24) is 0 Å². The van der Waals surface area contributed by atoms with Crippen LogP contribution < -0.4 is 16.0 Å². The summed E-state index contributed by atoms with van der Waals surface area (Å²) in [5, 5.41) is 8.39. The number of rotatable bonds is 4. The molecule has 5 heteroatoms. The number of urea groups is 1. The van der Waals surface area contributed by atoms with Crippen LogP contribution in [0.2, 0.25) is 0 Å². The number of benzene rings is 2. The molecule has 0 saturated heterocycles. The van der Waals surface area contributed by atoms with Gasteiger partial charge in [0.15, 0.2) is 0 Å². The molecule has 23 heavy (non-hydrogen) atoms. The third kappa shape index (κ3) is 4.10. The summed E-state index contributed by atoms with van der Waals surface area (Å²) < 4.78 is 0. The van der Waals surface area contributed by atoms with Gasteiger partial charge in [-0.3, -0.25) is 4.79 Å². The quantitative estimate of drug-likeness (QED) is 0.801. The fourth-order valence-corrected chi connectivity index (χ4v) is 2.41. The molecule has 3 N–H and O–H groups in total. The zero-order valence-corrected chi connectivity index (χ0v) is 12.9. The van der Waals surface area contributed by atoms with Gasteiger partial charge in [-0.05, 0) is 42.7 Å². The van der Waals surface area contributed by atoms with Gasteiger partial charge in [-0.2, -0.15) is 0 Å². The van der Waals surface area contributed by atoms with Gasteiger partial charge < -0.3 is 16.0 Å². The van der Waals surface area contributed by atoms with Crippen LogP contribution in [0.4, 0.5) is 21.9 Å². The Bertz CT molecular complexity index is 715. The highest BCUT2D eigenvalue weighted by atomic mass is 16.2. The first-order valence-electron chi connectivity index (χ1n) is 7.66. The van der Waals surface area contributed by atoms with E-state index in [2.05, 4.69) is 22.9 Å². The first-order valence-corrected chi connectivity index (χ1v) is 7.66. The lowest BCUT2D eigenvalue weighted by Crippen LogP contribution is -2.19. The Kier molecular flexibility index (Phi) is 4.28. The molecular weight excluding hydrogens is 290 g/mol. The molecule has 1 fully saturated rings. The van der Waals surface area contributed by atoms with Crippen molar-refractivity contribution in [1.29, 1.82) is 0 Å². The molecule has 0 spiro atoms. The number of amides is 3. The molecule has 1 aliphatic carbocycles. The Labute approximate surface area is 135 Å². The molecule has 2 aromatic rings. The predicted molar refractivity (Wildman–Crippen MR) is 91.4 cm³/mol. The molecule has 3 amide bonds. The Morgan fingerprint density at radius 3 is 2.09 bits per heavy atom. The Hall–Kier alpha value is -2.82. The summed E-state index contributed by atoms with van der Waals surface area (Å²) in [5.74, 6) is 0.629. The topological polar surface area (TPSA) is 70.2 Å². The van der Waals surface area contributed by atoms with Crippen molar-refractivity contribution in [2.75, 3.05) is 16.0 Å². The van der Waals surface area contributed by atoms with Gasteiger partial charge in [-0.25, -0.2) is 4.79 Å². The maximum absolute atomic E-state index is 12.0. The standard InChI is InChI=1S/C18H19N3O2/c1-12-10-16(12)17(22)19-14-8-5-9-15(11-14)21-18(23)20-13-6-3-2-4-7-13/h2-9,11-12,16H,10H2,1H3,(H,19,22)(H2,20,21,23). The first kappa shape index (κ1) is 15.1. The largest absolute Gasteiger partial charge is 0.326 e. The molecule has 0 radical (unpaired) electrons. The van der Waals surface area contributed by atoms with Gasteiger partial charge in [-0.1, -0.05) is 31.2 Å². The minimum atomic E-state index is -0.324. The molecular formula is C18H19N3O2. The van der Waals surface area contributed by atoms with Crippen LogP contribution in [0.3, 0.4) is 0 Å². The first-order chi connectivity index (χ1) is 11.1. The van der Waals surface area contributed by atoms with Crippen molar-refractivity contribution in [2.24, 2.45) is 11.8 Å². The average Bonchev–Trinajstić information content (AvgIpc) is 3.25. The van der Waals surface area contributed by atoms with Crippen LogP contribution in [0, 0.1) is 11.8 Å². The number of carbonyl (C=O) groups is 2. The molecule has 3 rings (SSSR count). The number of hydrogen-bond donors (Lipinski definition) is 3. The normalized spacial score (nSPS) is 18.8. The van der Waals surface area contributed by atoms with Gasteiger partial charge in [0.25, 0.3) is 0 Å². The zero-order chi connectivity index (χ0) is 16.2. The maximum atomic E-state index is 12.0. The Morgan fingerprint density at radius 2 is 1.43 bits per heavy atom. The number of nitrogens with one attached hydrogen (secondary N) is 3. The molecule has 118 valence electrons. The second-order valence-electron chi connectivity index (χ2n) is 5.83. The smallest absolute Gasteiger partial charge is 0.323 e. The maximum Gasteiger partial charge on any atom is 0.323 e. The van der Waals surface area contributed by atoms with E-state index in [0.29, 0.717) is 17.3 Å². The molecule has 0 aromatic heterocycles. The van der Waals surface area contributed by atoms with Gasteiger partial charge >= 0.3 is 6.03 Å². The SMILES string of the molecule is CC1CC1C(=O)Nc1cccc(NC(=O)Nc2ccccc2)c1. The highest BCUT2D eigenvalue weighted by molar-refractivity contribution is 6.00. The summed E-state index contributed by atoms with van der Waals surface area (Å²) in [4.78, 5) is 23.9. The van der Waals surface area contributed by atoms with E-state index < -0.39 is 0 Å². The lowest BCUT2D eigenvalue weighted by molar-refractivity contribution is -0.117. The van der Waals surface area contributed by atoms with Gasteiger partial charge in [0.2, 0.25) is 5.91 Å². The van der Waals surface area contributed by atoms with Crippen molar-refractivity contribution >= 4 is 29.0 Å². The molecule has 2 unspecified atom stereocenters. The summed E-state index contributed by atoms with van der Waals surface area (Å²) in [6, 6.07) is 16.0. The highest BCUT2D eigenvalue weighted by Gasteiger charge is 2.39. The molecule has 2 aromatic carbocycles. The second-order valence-corrected chi connectivity index (χ2v) is 5.83. The van der Waals surface area contributed by atoms with E-state index in [0.717, 1.165) is 12.1 Å². The van der Waals surface area contributed by atoms with Crippen molar-refractivity contribution in [2.45, 2.75) is 13.3 Å². The highest BCUT2D eigenvalue weighted by Crippen LogP contribution is 2.38. The lowest BCUT2D eigenvalue weighted by Gasteiger charge is -2.10. The molecule has 0 aliphatic heterocycles. The van der Waals surface area contributed by atoms with E-state index in [1.165, 1.54) is 0 Å². The van der Waals surface area contributed by atoms with Crippen LogP contribution in [0.5, 0.6) is 0 Å². The van der Waals surface area contributed by atoms with E-state index >= 15 is 0 Å². The predicted octanol–water partition coefficient (Wildman–Crippen LogP) is 3.93. The van der Waals surface area contributed by atoms with Crippen molar-refractivity contribution < 1.29 is 9.59 Å². The Morgan fingerprint density at radius 1 is 0.870 bits per heavy atom. The molecule has 0 heterocycles. The summed E-state index contributed by atoms with van der Waals surface area (Å²) in [5.41, 5.74) is 2.03. The fourth-order valence-electron chi connectivity index (χ4n) is 2.41. The average molecular weight is 309 g/mol. The van der Waals surface area contributed by atoms with Gasteiger partial charge in [-0.15, -0.1) is 0 Å². The summed E-state index contributed by atoms with van der Waals surface area (Å²) >= 11 is 0. The number of carbonyl (C=O) groups excluding carboxylic acids is 2. The van der Waals surface area contributed by atoms with E-state index in [1.807, 2.05) is 36.4 Å². The minimum absolute atomic E-state index is 0.0448. The van der Waals surface area contributed by atoms with Crippen molar-refractivity contribution in [3.63, 3.8) is 0 Å². The summed E-state index contributed by atoms with van der Waals surface area (Å²) in [6.45, 7) is 2.07. The molecule has 1 saturated carbocycles. The van der Waals surface area contributed by atoms with Crippen LogP contribution in [0.15, 0.2) is 54.6 Å². The van der Waals surface area contributed by atoms with Crippen LogP contribution in [-0.2, 0) is 4.79 Å². The van der Waals surface area contributed by atoms with Crippen LogP contribution >= 0.6 is 0 Å². The van der Waals surface area contributed by atoms with E-state index in [9.17, 15) is 9.59 Å². The van der Waals surface area contributed by atoms with Gasteiger partial charge in [0.1, 0.15) is 0 Å². The minimum Gasteiger partial charge on any atom is -0.326 e. The van der Waals surface area contributed by atoms with Gasteiger partial charge in [0, 0.05) is 23.0 Å². The lowest BCUT2D eigenvalue weighted by atomic mass is 10.2. The van der Waals surface area contributed by atoms with E-state index in [4.69, 9.17) is 0 Å². The van der Waals surface area contributed by atoms with Crippen molar-refractivity contribution in [3.05, 3.63) is 54.6 Å². The van der Waals surface area contributed by atoms with Crippen LogP contribution in [0.1, 0.15) is 13.3 Å². The second kappa shape index (κ2) is 6.52. The third-order valence-corrected chi connectivity index (χ3v) is 3.87.